The van der Waals surface area contributed by atoms with Crippen LogP contribution in [-0.4, -0.2) is 20.8 Å². The van der Waals surface area contributed by atoms with Crippen LogP contribution in [0.5, 0.6) is 5.75 Å². The molecule has 19 heavy (non-hydrogen) atoms. The molecule has 0 spiro atoms. The molecule has 0 radical (unpaired) electrons. The molecule has 0 saturated carbocycles. The summed E-state index contributed by atoms with van der Waals surface area (Å²) in [6, 6.07) is 5.84. The molecule has 2 rings (SSSR count). The minimum absolute atomic E-state index is 0.0279. The van der Waals surface area contributed by atoms with Crippen LogP contribution in [0, 0.1) is 0 Å². The van der Waals surface area contributed by atoms with Gasteiger partial charge in [0.1, 0.15) is 5.75 Å². The van der Waals surface area contributed by atoms with Gasteiger partial charge in [-0.3, -0.25) is 4.79 Å². The third kappa shape index (κ3) is 2.83. The minimum Gasteiger partial charge on any atom is -0.543 e. The van der Waals surface area contributed by atoms with Crippen LogP contribution in [0.1, 0.15) is 36.7 Å². The van der Waals surface area contributed by atoms with Crippen LogP contribution in [0.4, 0.5) is 0 Å². The van der Waals surface area contributed by atoms with Gasteiger partial charge in [0.2, 0.25) is 8.32 Å². The molecule has 4 heteroatoms. The van der Waals surface area contributed by atoms with Gasteiger partial charge in [0.25, 0.3) is 5.91 Å². The molecule has 0 fully saturated rings. The van der Waals surface area contributed by atoms with Crippen molar-refractivity contribution >= 4 is 14.2 Å². The molecule has 0 aromatic heterocycles. The average molecular weight is 277 g/mol. The third-order valence-electron chi connectivity index (χ3n) is 4.18. The third-order valence-corrected chi connectivity index (χ3v) is 8.54. The number of fused-ring (bicyclic) bond motifs is 1. The van der Waals surface area contributed by atoms with Crippen molar-refractivity contribution < 1.29 is 9.22 Å². The molecular weight excluding hydrogens is 254 g/mol. The second-order valence-electron chi connectivity index (χ2n) is 6.69. The Morgan fingerprint density at radius 1 is 1.26 bits per heavy atom. The molecule has 1 aromatic carbocycles. The number of hydrogen-bond donors (Lipinski definition) is 1. The number of hydrogen-bond acceptors (Lipinski definition) is 2. The quantitative estimate of drug-likeness (QED) is 0.842. The van der Waals surface area contributed by atoms with Gasteiger partial charge in [-0.2, -0.15) is 0 Å². The molecule has 0 aliphatic carbocycles. The van der Waals surface area contributed by atoms with E-state index in [0.717, 1.165) is 29.8 Å². The van der Waals surface area contributed by atoms with Crippen molar-refractivity contribution in [2.45, 2.75) is 45.3 Å². The lowest BCUT2D eigenvalue weighted by atomic mass is 10.0. The smallest absolute Gasteiger partial charge is 0.251 e. The standard InChI is InChI=1S/C15H23NO2Si/c1-15(2,3)19(4,5)18-12-6-7-13-11(10-12)8-9-16-14(13)17/h6-7,10H,8-9H2,1-5H3,(H,16,17). The van der Waals surface area contributed by atoms with E-state index in [1.807, 2.05) is 18.2 Å². The molecule has 0 saturated heterocycles. The number of benzene rings is 1. The van der Waals surface area contributed by atoms with E-state index in [1.54, 1.807) is 0 Å². The normalized spacial score (nSPS) is 15.7. The van der Waals surface area contributed by atoms with Crippen molar-refractivity contribution in [3.05, 3.63) is 29.3 Å². The van der Waals surface area contributed by atoms with Crippen molar-refractivity contribution in [2.75, 3.05) is 6.54 Å². The van der Waals surface area contributed by atoms with Crippen molar-refractivity contribution in [2.24, 2.45) is 0 Å². The Balaban J connectivity index is 2.26. The Kier molecular flexibility index (Phi) is 3.47. The van der Waals surface area contributed by atoms with Gasteiger partial charge in [0.15, 0.2) is 0 Å². The zero-order chi connectivity index (χ0) is 14.3. The predicted molar refractivity (Wildman–Crippen MR) is 80.3 cm³/mol. The Hall–Kier alpha value is -1.29. The van der Waals surface area contributed by atoms with Gasteiger partial charge in [-0.1, -0.05) is 20.8 Å². The van der Waals surface area contributed by atoms with Gasteiger partial charge >= 0.3 is 0 Å². The van der Waals surface area contributed by atoms with Crippen LogP contribution in [0.25, 0.3) is 0 Å². The predicted octanol–water partition coefficient (Wildman–Crippen LogP) is 3.36. The van der Waals surface area contributed by atoms with E-state index < -0.39 is 8.32 Å². The fraction of sp³-hybridized carbons (Fsp3) is 0.533. The van der Waals surface area contributed by atoms with E-state index in [9.17, 15) is 4.79 Å². The minimum atomic E-state index is -1.81. The lowest BCUT2D eigenvalue weighted by Crippen LogP contribution is -2.44. The van der Waals surface area contributed by atoms with Gasteiger partial charge < -0.3 is 9.74 Å². The summed E-state index contributed by atoms with van der Waals surface area (Å²) in [7, 11) is -1.81. The van der Waals surface area contributed by atoms with E-state index in [0.29, 0.717) is 0 Å². The first-order chi connectivity index (χ1) is 8.71. The topological polar surface area (TPSA) is 38.3 Å². The van der Waals surface area contributed by atoms with Crippen LogP contribution in [0.3, 0.4) is 0 Å². The molecule has 0 atom stereocenters. The molecule has 0 unspecified atom stereocenters. The van der Waals surface area contributed by atoms with Gasteiger partial charge in [0.05, 0.1) is 0 Å². The van der Waals surface area contributed by atoms with Crippen molar-refractivity contribution in [3.63, 3.8) is 0 Å². The number of carbonyl (C=O) groups is 1. The summed E-state index contributed by atoms with van der Waals surface area (Å²) in [4.78, 5) is 11.7. The first-order valence-electron chi connectivity index (χ1n) is 6.81. The highest BCUT2D eigenvalue weighted by atomic mass is 28.4. The zero-order valence-electron chi connectivity index (χ0n) is 12.5. The van der Waals surface area contributed by atoms with Crippen molar-refractivity contribution in [1.82, 2.24) is 5.32 Å². The lowest BCUT2D eigenvalue weighted by molar-refractivity contribution is 0.0946. The summed E-state index contributed by atoms with van der Waals surface area (Å²) in [5, 5.41) is 3.04. The second-order valence-corrected chi connectivity index (χ2v) is 11.4. The number of amides is 1. The highest BCUT2D eigenvalue weighted by Crippen LogP contribution is 2.37. The van der Waals surface area contributed by atoms with Crippen LogP contribution >= 0.6 is 0 Å². The summed E-state index contributed by atoms with van der Waals surface area (Å²) in [5.41, 5.74) is 1.88. The number of rotatable bonds is 2. The molecule has 1 aliphatic rings. The Morgan fingerprint density at radius 2 is 1.95 bits per heavy atom. The molecular formula is C15H23NO2Si. The maximum atomic E-state index is 11.7. The van der Waals surface area contributed by atoms with Crippen LogP contribution in [-0.2, 0) is 6.42 Å². The van der Waals surface area contributed by atoms with Crippen molar-refractivity contribution in [1.29, 1.82) is 0 Å². The molecule has 104 valence electrons. The number of carbonyl (C=O) groups excluding carboxylic acids is 1. The Bertz CT molecular complexity index is 503. The van der Waals surface area contributed by atoms with Gasteiger partial charge in [-0.05, 0) is 48.3 Å². The maximum Gasteiger partial charge on any atom is 0.251 e. The first-order valence-corrected chi connectivity index (χ1v) is 9.72. The van der Waals surface area contributed by atoms with Gasteiger partial charge in [-0.25, -0.2) is 0 Å². The highest BCUT2D eigenvalue weighted by Gasteiger charge is 2.39. The molecule has 3 nitrogen and oxygen atoms in total. The van der Waals surface area contributed by atoms with Crippen LogP contribution in [0.2, 0.25) is 18.1 Å². The Morgan fingerprint density at radius 3 is 2.58 bits per heavy atom. The largest absolute Gasteiger partial charge is 0.543 e. The number of nitrogens with one attached hydrogen (secondary N) is 1. The molecule has 1 heterocycles. The van der Waals surface area contributed by atoms with Crippen LogP contribution < -0.4 is 9.74 Å². The molecule has 1 aliphatic heterocycles. The van der Waals surface area contributed by atoms with Gasteiger partial charge in [-0.15, -0.1) is 0 Å². The summed E-state index contributed by atoms with van der Waals surface area (Å²) >= 11 is 0. The SMILES string of the molecule is CC(C)(C)[Si](C)(C)Oc1ccc2c(c1)CCNC2=O. The highest BCUT2D eigenvalue weighted by molar-refractivity contribution is 6.74. The summed E-state index contributed by atoms with van der Waals surface area (Å²) < 4.78 is 6.27. The maximum absolute atomic E-state index is 11.7. The van der Waals surface area contributed by atoms with E-state index in [2.05, 4.69) is 39.2 Å². The molecule has 1 aromatic rings. The summed E-state index contributed by atoms with van der Waals surface area (Å²) in [5.74, 6) is 0.931. The molecule has 0 bridgehead atoms. The fourth-order valence-corrected chi connectivity index (χ4v) is 2.94. The fourth-order valence-electron chi connectivity index (χ4n) is 1.92. The molecule has 1 amide bonds. The zero-order valence-corrected chi connectivity index (χ0v) is 13.5. The second kappa shape index (κ2) is 4.67. The van der Waals surface area contributed by atoms with E-state index in [4.69, 9.17) is 4.43 Å². The molecule has 1 N–H and O–H groups in total. The lowest BCUT2D eigenvalue weighted by Gasteiger charge is -2.36. The summed E-state index contributed by atoms with van der Waals surface area (Å²) in [6.07, 6.45) is 0.885. The monoisotopic (exact) mass is 277 g/mol. The summed E-state index contributed by atoms with van der Waals surface area (Å²) in [6.45, 7) is 11.9. The first kappa shape index (κ1) is 14.1. The van der Waals surface area contributed by atoms with Crippen LogP contribution in [0.15, 0.2) is 18.2 Å². The Labute approximate surface area is 116 Å². The van der Waals surface area contributed by atoms with E-state index in [1.165, 1.54) is 0 Å². The van der Waals surface area contributed by atoms with E-state index >= 15 is 0 Å². The van der Waals surface area contributed by atoms with E-state index in [-0.39, 0.29) is 10.9 Å². The van der Waals surface area contributed by atoms with Gasteiger partial charge in [0, 0.05) is 12.1 Å². The van der Waals surface area contributed by atoms with Crippen molar-refractivity contribution in [3.8, 4) is 5.75 Å². The average Bonchev–Trinajstić information content (AvgIpc) is 2.27.